The minimum absolute atomic E-state index is 0.199. The summed E-state index contributed by atoms with van der Waals surface area (Å²) < 4.78 is 4.63. The predicted molar refractivity (Wildman–Crippen MR) is 52.3 cm³/mol. The summed E-state index contributed by atoms with van der Waals surface area (Å²) in [6, 6.07) is 0. The highest BCUT2D eigenvalue weighted by molar-refractivity contribution is 5.82. The quantitative estimate of drug-likeness (QED) is 0.485. The second-order valence-corrected chi connectivity index (χ2v) is 3.59. The van der Waals surface area contributed by atoms with Crippen molar-refractivity contribution in [2.75, 3.05) is 7.11 Å². The zero-order chi connectivity index (χ0) is 9.68. The normalized spacial score (nSPS) is 26.0. The van der Waals surface area contributed by atoms with Crippen molar-refractivity contribution in [3.05, 3.63) is 11.6 Å². The summed E-state index contributed by atoms with van der Waals surface area (Å²) in [6.07, 6.45) is 7.67. The third-order valence-corrected chi connectivity index (χ3v) is 2.79. The van der Waals surface area contributed by atoms with Crippen molar-refractivity contribution >= 4 is 5.97 Å². The van der Waals surface area contributed by atoms with Crippen LogP contribution in [0.2, 0.25) is 0 Å². The Morgan fingerprint density at radius 3 is 3.00 bits per heavy atom. The average Bonchev–Trinajstić information content (AvgIpc) is 2.18. The Morgan fingerprint density at radius 1 is 1.62 bits per heavy atom. The molecule has 0 heterocycles. The Bertz CT molecular complexity index is 206. The summed E-state index contributed by atoms with van der Waals surface area (Å²) in [7, 11) is 1.43. The number of rotatable bonds is 2. The van der Waals surface area contributed by atoms with Gasteiger partial charge in [-0.3, -0.25) is 0 Å². The molecule has 74 valence electrons. The molecule has 0 amide bonds. The van der Waals surface area contributed by atoms with Crippen molar-refractivity contribution in [3.8, 4) is 0 Å². The zero-order valence-corrected chi connectivity index (χ0v) is 8.51. The van der Waals surface area contributed by atoms with Crippen molar-refractivity contribution in [3.63, 3.8) is 0 Å². The molecule has 2 heteroatoms. The van der Waals surface area contributed by atoms with Gasteiger partial charge in [-0.1, -0.05) is 18.9 Å². The molecule has 0 spiro atoms. The highest BCUT2D eigenvalue weighted by Crippen LogP contribution is 2.31. The number of methoxy groups -OCH3 is 1. The maximum atomic E-state index is 11.0. The van der Waals surface area contributed by atoms with E-state index in [1.165, 1.54) is 31.9 Å². The molecule has 0 aromatic carbocycles. The van der Waals surface area contributed by atoms with Gasteiger partial charge < -0.3 is 4.74 Å². The van der Waals surface area contributed by atoms with Crippen LogP contribution in [-0.4, -0.2) is 13.1 Å². The van der Waals surface area contributed by atoms with Crippen LogP contribution in [0.5, 0.6) is 0 Å². The summed E-state index contributed by atoms with van der Waals surface area (Å²) in [4.78, 5) is 11.0. The number of hydrogen-bond acceptors (Lipinski definition) is 2. The lowest BCUT2D eigenvalue weighted by Gasteiger charge is -2.23. The van der Waals surface area contributed by atoms with E-state index in [1.807, 2.05) is 0 Å². The SMILES string of the molecule is CCC1CCCCC1=CC(=O)OC. The molecule has 0 aromatic rings. The Hall–Kier alpha value is -0.790. The van der Waals surface area contributed by atoms with Gasteiger partial charge in [0.1, 0.15) is 0 Å². The van der Waals surface area contributed by atoms with Gasteiger partial charge in [0.05, 0.1) is 7.11 Å². The van der Waals surface area contributed by atoms with Crippen LogP contribution in [0.4, 0.5) is 0 Å². The Kier molecular flexibility index (Phi) is 4.00. The van der Waals surface area contributed by atoms with Crippen LogP contribution >= 0.6 is 0 Å². The highest BCUT2D eigenvalue weighted by atomic mass is 16.5. The minimum atomic E-state index is -0.199. The summed E-state index contributed by atoms with van der Waals surface area (Å²) in [5, 5.41) is 0. The molecule has 0 saturated heterocycles. The Morgan fingerprint density at radius 2 is 2.38 bits per heavy atom. The largest absolute Gasteiger partial charge is 0.466 e. The summed E-state index contributed by atoms with van der Waals surface area (Å²) in [6.45, 7) is 2.18. The van der Waals surface area contributed by atoms with Crippen molar-refractivity contribution in [2.24, 2.45) is 5.92 Å². The molecule has 0 aliphatic heterocycles. The fraction of sp³-hybridized carbons (Fsp3) is 0.727. The maximum Gasteiger partial charge on any atom is 0.330 e. The summed E-state index contributed by atoms with van der Waals surface area (Å²) >= 11 is 0. The Balaban J connectivity index is 2.63. The molecular weight excluding hydrogens is 164 g/mol. The van der Waals surface area contributed by atoms with E-state index in [1.54, 1.807) is 6.08 Å². The van der Waals surface area contributed by atoms with Gasteiger partial charge in [-0.25, -0.2) is 4.79 Å². The second kappa shape index (κ2) is 5.05. The summed E-state index contributed by atoms with van der Waals surface area (Å²) in [5.74, 6) is 0.420. The van der Waals surface area contributed by atoms with Crippen LogP contribution in [-0.2, 0) is 9.53 Å². The first-order valence-electron chi connectivity index (χ1n) is 5.06. The number of hydrogen-bond donors (Lipinski definition) is 0. The molecule has 1 fully saturated rings. The minimum Gasteiger partial charge on any atom is -0.466 e. The summed E-state index contributed by atoms with van der Waals surface area (Å²) in [5.41, 5.74) is 1.29. The molecule has 1 aliphatic carbocycles. The molecule has 13 heavy (non-hydrogen) atoms. The average molecular weight is 182 g/mol. The first-order chi connectivity index (χ1) is 6.27. The molecule has 2 nitrogen and oxygen atoms in total. The van der Waals surface area contributed by atoms with Gasteiger partial charge in [0.25, 0.3) is 0 Å². The molecule has 0 aromatic heterocycles. The maximum absolute atomic E-state index is 11.0. The fourth-order valence-corrected chi connectivity index (χ4v) is 1.98. The second-order valence-electron chi connectivity index (χ2n) is 3.59. The zero-order valence-electron chi connectivity index (χ0n) is 8.51. The van der Waals surface area contributed by atoms with Gasteiger partial charge in [-0.2, -0.15) is 0 Å². The lowest BCUT2D eigenvalue weighted by atomic mass is 9.82. The van der Waals surface area contributed by atoms with Crippen LogP contribution in [0.25, 0.3) is 0 Å². The molecule has 1 aliphatic rings. The van der Waals surface area contributed by atoms with E-state index in [0.29, 0.717) is 5.92 Å². The molecule has 1 unspecified atom stereocenters. The van der Waals surface area contributed by atoms with E-state index >= 15 is 0 Å². The number of esters is 1. The van der Waals surface area contributed by atoms with Crippen molar-refractivity contribution in [1.29, 1.82) is 0 Å². The molecule has 0 N–H and O–H groups in total. The van der Waals surface area contributed by atoms with E-state index in [9.17, 15) is 4.79 Å². The molecule has 1 saturated carbocycles. The number of allylic oxidation sites excluding steroid dienone is 1. The van der Waals surface area contributed by atoms with E-state index in [-0.39, 0.29) is 5.97 Å². The lowest BCUT2D eigenvalue weighted by Crippen LogP contribution is -2.11. The van der Waals surface area contributed by atoms with Crippen molar-refractivity contribution in [2.45, 2.75) is 39.0 Å². The Labute approximate surface area is 80.0 Å². The molecular formula is C11H18O2. The fourth-order valence-electron chi connectivity index (χ4n) is 1.98. The van der Waals surface area contributed by atoms with Crippen LogP contribution in [0, 0.1) is 5.92 Å². The molecule has 0 bridgehead atoms. The third-order valence-electron chi connectivity index (χ3n) is 2.79. The van der Waals surface area contributed by atoms with Gasteiger partial charge in [0.15, 0.2) is 0 Å². The van der Waals surface area contributed by atoms with E-state index in [2.05, 4.69) is 11.7 Å². The highest BCUT2D eigenvalue weighted by Gasteiger charge is 2.17. The van der Waals surface area contributed by atoms with Crippen LogP contribution in [0.15, 0.2) is 11.6 Å². The number of ether oxygens (including phenoxy) is 1. The van der Waals surface area contributed by atoms with Crippen molar-refractivity contribution in [1.82, 2.24) is 0 Å². The van der Waals surface area contributed by atoms with E-state index in [0.717, 1.165) is 12.8 Å². The smallest absolute Gasteiger partial charge is 0.330 e. The van der Waals surface area contributed by atoms with E-state index in [4.69, 9.17) is 0 Å². The van der Waals surface area contributed by atoms with Crippen LogP contribution in [0.3, 0.4) is 0 Å². The number of carbonyl (C=O) groups excluding carboxylic acids is 1. The number of carbonyl (C=O) groups is 1. The van der Waals surface area contributed by atoms with Crippen LogP contribution < -0.4 is 0 Å². The van der Waals surface area contributed by atoms with Gasteiger partial charge >= 0.3 is 5.97 Å². The third kappa shape index (κ3) is 2.87. The predicted octanol–water partition coefficient (Wildman–Crippen LogP) is 2.69. The molecule has 1 rings (SSSR count). The van der Waals surface area contributed by atoms with Gasteiger partial charge in [0, 0.05) is 6.08 Å². The molecule has 0 radical (unpaired) electrons. The van der Waals surface area contributed by atoms with Gasteiger partial charge in [-0.05, 0) is 31.6 Å². The first kappa shape index (κ1) is 10.3. The first-order valence-corrected chi connectivity index (χ1v) is 5.06. The van der Waals surface area contributed by atoms with E-state index < -0.39 is 0 Å². The van der Waals surface area contributed by atoms with Crippen LogP contribution in [0.1, 0.15) is 39.0 Å². The van der Waals surface area contributed by atoms with Gasteiger partial charge in [-0.15, -0.1) is 0 Å². The topological polar surface area (TPSA) is 26.3 Å². The van der Waals surface area contributed by atoms with Crippen molar-refractivity contribution < 1.29 is 9.53 Å². The lowest BCUT2D eigenvalue weighted by molar-refractivity contribution is -0.134. The standard InChI is InChI=1S/C11H18O2/c1-3-9-6-4-5-7-10(9)8-11(12)13-2/h8-9H,3-7H2,1-2H3. The molecule has 1 atom stereocenters. The monoisotopic (exact) mass is 182 g/mol. The van der Waals surface area contributed by atoms with Gasteiger partial charge in [0.2, 0.25) is 0 Å².